The molecule has 2 aromatic heterocycles. The maximum Gasteiger partial charge on any atom is 0.304 e. The molecule has 0 bridgehead atoms. The Balaban J connectivity index is 1.81. The second kappa shape index (κ2) is 5.38. The zero-order valence-electron chi connectivity index (χ0n) is 8.95. The van der Waals surface area contributed by atoms with E-state index in [4.69, 9.17) is 0 Å². The highest BCUT2D eigenvalue weighted by atomic mass is 32.1. The van der Waals surface area contributed by atoms with Crippen molar-refractivity contribution in [3.8, 4) is 0 Å². The van der Waals surface area contributed by atoms with E-state index < -0.39 is 0 Å². The summed E-state index contributed by atoms with van der Waals surface area (Å²) in [5.41, 5.74) is 2.00. The van der Waals surface area contributed by atoms with E-state index in [0.717, 1.165) is 24.4 Å². The Hall–Kier alpha value is -0.980. The fraction of sp³-hybridized carbons (Fsp3) is 0.400. The average Bonchev–Trinajstić information content (AvgIpc) is 2.88. The molecule has 0 saturated carbocycles. The third-order valence-electron chi connectivity index (χ3n) is 2.09. The number of aromatic nitrogens is 2. The topological polar surface area (TPSA) is 57.8 Å². The highest BCUT2D eigenvalue weighted by molar-refractivity contribution is 7.09. The predicted octanol–water partition coefficient (Wildman–Crippen LogP) is 1.75. The Kier molecular flexibility index (Phi) is 3.87. The Morgan fingerprint density at radius 3 is 2.88 bits per heavy atom. The maximum atomic E-state index is 10.9. The Labute approximate surface area is 101 Å². The van der Waals surface area contributed by atoms with Gasteiger partial charge in [0.15, 0.2) is 0 Å². The molecular weight excluding hydrogens is 242 g/mol. The van der Waals surface area contributed by atoms with Gasteiger partial charge in [0.25, 0.3) is 0 Å². The van der Waals surface area contributed by atoms with Crippen LogP contribution in [0.5, 0.6) is 0 Å². The molecule has 86 valence electrons. The van der Waals surface area contributed by atoms with Crippen LogP contribution in [0.2, 0.25) is 0 Å². The lowest BCUT2D eigenvalue weighted by Gasteiger charge is -1.99. The van der Waals surface area contributed by atoms with Gasteiger partial charge in [0.05, 0.1) is 10.7 Å². The van der Waals surface area contributed by atoms with Gasteiger partial charge in [-0.3, -0.25) is 4.79 Å². The van der Waals surface area contributed by atoms with Gasteiger partial charge in [0, 0.05) is 29.5 Å². The highest BCUT2D eigenvalue weighted by Gasteiger charge is 2.00. The normalized spacial score (nSPS) is 10.8. The molecule has 6 heteroatoms. The van der Waals surface area contributed by atoms with Gasteiger partial charge >= 0.3 is 4.87 Å². The van der Waals surface area contributed by atoms with Gasteiger partial charge in [-0.25, -0.2) is 4.98 Å². The number of aryl methyl sites for hydroxylation is 1. The van der Waals surface area contributed by atoms with Crippen LogP contribution >= 0.6 is 22.7 Å². The zero-order valence-corrected chi connectivity index (χ0v) is 10.6. The van der Waals surface area contributed by atoms with Crippen molar-refractivity contribution < 1.29 is 0 Å². The zero-order chi connectivity index (χ0) is 11.4. The van der Waals surface area contributed by atoms with Gasteiger partial charge in [-0.2, -0.15) is 0 Å². The third-order valence-corrected chi connectivity index (χ3v) is 3.85. The molecule has 4 nitrogen and oxygen atoms in total. The first-order valence-electron chi connectivity index (χ1n) is 5.08. The third kappa shape index (κ3) is 3.01. The summed E-state index contributed by atoms with van der Waals surface area (Å²) in [4.78, 5) is 18.1. The molecule has 0 saturated heterocycles. The van der Waals surface area contributed by atoms with Gasteiger partial charge in [0.1, 0.15) is 0 Å². The first kappa shape index (κ1) is 11.5. The fourth-order valence-corrected chi connectivity index (χ4v) is 2.64. The lowest BCUT2D eigenvalue weighted by molar-refractivity contribution is 0.670. The summed E-state index contributed by atoms with van der Waals surface area (Å²) < 4.78 is 0. The van der Waals surface area contributed by atoms with Crippen LogP contribution in [0.25, 0.3) is 0 Å². The number of hydrogen-bond donors (Lipinski definition) is 2. The van der Waals surface area contributed by atoms with E-state index in [1.807, 2.05) is 5.38 Å². The number of nitrogens with zero attached hydrogens (tertiary/aromatic N) is 1. The Bertz CT molecular complexity index is 500. The number of rotatable bonds is 5. The second-order valence-electron chi connectivity index (χ2n) is 3.36. The van der Waals surface area contributed by atoms with Crippen LogP contribution in [0.1, 0.15) is 23.3 Å². The summed E-state index contributed by atoms with van der Waals surface area (Å²) >= 11 is 2.89. The molecule has 2 heterocycles. The van der Waals surface area contributed by atoms with E-state index in [1.165, 1.54) is 16.3 Å². The quantitative estimate of drug-likeness (QED) is 0.855. The maximum absolute atomic E-state index is 10.9. The first-order valence-corrected chi connectivity index (χ1v) is 6.84. The van der Waals surface area contributed by atoms with Crippen molar-refractivity contribution in [2.75, 3.05) is 0 Å². The molecule has 0 aliphatic heterocycles. The summed E-state index contributed by atoms with van der Waals surface area (Å²) in [5.74, 6) is 0. The molecular formula is C10H13N3OS2. The van der Waals surface area contributed by atoms with Crippen molar-refractivity contribution in [1.82, 2.24) is 15.3 Å². The molecule has 0 radical (unpaired) electrons. The molecule has 0 aliphatic carbocycles. The van der Waals surface area contributed by atoms with E-state index in [0.29, 0.717) is 6.54 Å². The van der Waals surface area contributed by atoms with Crippen LogP contribution in [0.3, 0.4) is 0 Å². The molecule has 2 aromatic rings. The standard InChI is InChI=1S/C10H13N3OS2/c1-2-9-12-7(5-15-9)3-11-4-8-6-16-10(14)13-8/h5-6,11H,2-4H2,1H3,(H,13,14). The molecule has 0 aromatic carbocycles. The SMILES string of the molecule is CCc1nc(CNCc2csc(=O)[nH]2)cs1. The summed E-state index contributed by atoms with van der Waals surface area (Å²) in [6.45, 7) is 3.53. The lowest BCUT2D eigenvalue weighted by atomic mass is 10.4. The van der Waals surface area contributed by atoms with E-state index in [9.17, 15) is 4.79 Å². The van der Waals surface area contributed by atoms with Gasteiger partial charge in [-0.15, -0.1) is 11.3 Å². The molecule has 0 unspecified atom stereocenters. The average molecular weight is 255 g/mol. The van der Waals surface area contributed by atoms with Crippen LogP contribution in [0.15, 0.2) is 15.6 Å². The van der Waals surface area contributed by atoms with Crippen molar-refractivity contribution in [2.45, 2.75) is 26.4 Å². The van der Waals surface area contributed by atoms with Crippen LogP contribution in [0, 0.1) is 0 Å². The molecule has 0 spiro atoms. The van der Waals surface area contributed by atoms with Crippen LogP contribution in [0.4, 0.5) is 0 Å². The van der Waals surface area contributed by atoms with Gasteiger partial charge in [0.2, 0.25) is 0 Å². The number of aromatic amines is 1. The number of H-pyrrole nitrogens is 1. The molecule has 16 heavy (non-hydrogen) atoms. The summed E-state index contributed by atoms with van der Waals surface area (Å²) in [7, 11) is 0. The highest BCUT2D eigenvalue weighted by Crippen LogP contribution is 2.09. The van der Waals surface area contributed by atoms with Crippen LogP contribution < -0.4 is 10.2 Å². The summed E-state index contributed by atoms with van der Waals surface area (Å²) in [6, 6.07) is 0. The Morgan fingerprint density at radius 2 is 2.25 bits per heavy atom. The smallest absolute Gasteiger partial charge is 0.304 e. The van der Waals surface area contributed by atoms with Gasteiger partial charge in [-0.1, -0.05) is 18.3 Å². The minimum absolute atomic E-state index is 0.00118. The van der Waals surface area contributed by atoms with Gasteiger partial charge in [-0.05, 0) is 6.42 Å². The molecule has 0 fully saturated rings. The van der Waals surface area contributed by atoms with E-state index in [2.05, 4.69) is 27.6 Å². The van der Waals surface area contributed by atoms with E-state index in [1.54, 1.807) is 11.3 Å². The molecule has 0 aliphatic rings. The summed E-state index contributed by atoms with van der Waals surface area (Å²) in [6.07, 6.45) is 0.989. The number of thiazole rings is 2. The molecule has 2 N–H and O–H groups in total. The molecule has 0 atom stereocenters. The predicted molar refractivity (Wildman–Crippen MR) is 67.0 cm³/mol. The van der Waals surface area contributed by atoms with Gasteiger partial charge < -0.3 is 10.3 Å². The summed E-state index contributed by atoms with van der Waals surface area (Å²) in [5, 5.41) is 8.33. The van der Waals surface area contributed by atoms with Crippen molar-refractivity contribution in [3.05, 3.63) is 36.8 Å². The number of hydrogen-bond acceptors (Lipinski definition) is 5. The lowest BCUT2D eigenvalue weighted by Crippen LogP contribution is -2.14. The van der Waals surface area contributed by atoms with E-state index in [-0.39, 0.29) is 4.87 Å². The van der Waals surface area contributed by atoms with Crippen LogP contribution in [-0.4, -0.2) is 9.97 Å². The minimum atomic E-state index is -0.00118. The fourth-order valence-electron chi connectivity index (χ4n) is 1.32. The number of nitrogens with one attached hydrogen (secondary N) is 2. The molecule has 0 amide bonds. The van der Waals surface area contributed by atoms with E-state index >= 15 is 0 Å². The van der Waals surface area contributed by atoms with Crippen LogP contribution in [-0.2, 0) is 19.5 Å². The van der Waals surface area contributed by atoms with Crippen molar-refractivity contribution in [2.24, 2.45) is 0 Å². The van der Waals surface area contributed by atoms with Crippen molar-refractivity contribution in [3.63, 3.8) is 0 Å². The second-order valence-corrected chi connectivity index (χ2v) is 5.15. The first-order chi connectivity index (χ1) is 7.78. The molecule has 2 rings (SSSR count). The minimum Gasteiger partial charge on any atom is -0.315 e. The largest absolute Gasteiger partial charge is 0.315 e. The van der Waals surface area contributed by atoms with Crippen molar-refractivity contribution >= 4 is 22.7 Å². The Morgan fingerprint density at radius 1 is 1.38 bits per heavy atom. The monoisotopic (exact) mass is 255 g/mol. The van der Waals surface area contributed by atoms with Crippen molar-refractivity contribution in [1.29, 1.82) is 0 Å².